The molecular formula is C10H6ClNS. The average Bonchev–Trinajstić information content (AvgIpc) is 2.15. The van der Waals surface area contributed by atoms with Gasteiger partial charge in [-0.1, -0.05) is 23.4 Å². The minimum Gasteiger partial charge on any atom is -0.192 e. The molecule has 0 aromatic heterocycles. The highest BCUT2D eigenvalue weighted by Crippen LogP contribution is 2.14. The third-order valence-corrected chi connectivity index (χ3v) is 1.80. The van der Waals surface area contributed by atoms with Crippen molar-refractivity contribution in [3.05, 3.63) is 34.3 Å². The van der Waals surface area contributed by atoms with Crippen molar-refractivity contribution in [2.24, 2.45) is 0 Å². The van der Waals surface area contributed by atoms with E-state index in [-0.39, 0.29) is 0 Å². The molecule has 0 aliphatic heterocycles. The van der Waals surface area contributed by atoms with Crippen molar-refractivity contribution in [1.29, 1.82) is 5.26 Å². The van der Waals surface area contributed by atoms with E-state index in [9.17, 15) is 0 Å². The van der Waals surface area contributed by atoms with Crippen LogP contribution < -0.4 is 0 Å². The van der Waals surface area contributed by atoms with Gasteiger partial charge in [0.05, 0.1) is 11.3 Å². The molecule has 0 atom stereocenters. The lowest BCUT2D eigenvalue weighted by Crippen LogP contribution is -1.82. The number of hydrogen-bond donors (Lipinski definition) is 1. The fourth-order valence-corrected chi connectivity index (χ4v) is 1.10. The third-order valence-electron chi connectivity index (χ3n) is 1.40. The molecule has 0 saturated carbocycles. The lowest BCUT2D eigenvalue weighted by Gasteiger charge is -1.94. The highest BCUT2D eigenvalue weighted by atomic mass is 35.5. The van der Waals surface area contributed by atoms with E-state index in [1.54, 1.807) is 18.2 Å². The van der Waals surface area contributed by atoms with E-state index in [2.05, 4.69) is 24.5 Å². The Morgan fingerprint density at radius 1 is 1.38 bits per heavy atom. The topological polar surface area (TPSA) is 23.8 Å². The zero-order chi connectivity index (χ0) is 9.68. The Bertz CT molecular complexity index is 409. The second-order valence-electron chi connectivity index (χ2n) is 2.26. The van der Waals surface area contributed by atoms with Crippen molar-refractivity contribution >= 4 is 24.2 Å². The Morgan fingerprint density at radius 3 is 2.77 bits per heavy atom. The van der Waals surface area contributed by atoms with Crippen LogP contribution in [0.1, 0.15) is 11.1 Å². The van der Waals surface area contributed by atoms with Crippen molar-refractivity contribution in [3.63, 3.8) is 0 Å². The van der Waals surface area contributed by atoms with Gasteiger partial charge in [0.2, 0.25) is 0 Å². The van der Waals surface area contributed by atoms with Crippen LogP contribution in [0.2, 0.25) is 5.02 Å². The van der Waals surface area contributed by atoms with Gasteiger partial charge in [0.1, 0.15) is 6.07 Å². The number of rotatable bonds is 0. The van der Waals surface area contributed by atoms with Gasteiger partial charge in [-0.2, -0.15) is 17.9 Å². The summed E-state index contributed by atoms with van der Waals surface area (Å²) in [5.74, 6) is 6.06. The van der Waals surface area contributed by atoms with Gasteiger partial charge in [-0.3, -0.25) is 0 Å². The summed E-state index contributed by atoms with van der Waals surface area (Å²) in [6.07, 6.45) is 0. The molecule has 0 unspecified atom stereocenters. The average molecular weight is 208 g/mol. The van der Waals surface area contributed by atoms with Crippen LogP contribution in [0.5, 0.6) is 0 Å². The Labute approximate surface area is 87.7 Å². The molecule has 0 aliphatic carbocycles. The van der Waals surface area contributed by atoms with E-state index in [1.807, 2.05) is 6.07 Å². The maximum atomic E-state index is 8.73. The molecule has 0 amide bonds. The number of thiol groups is 1. The molecule has 1 aromatic rings. The Kier molecular flexibility index (Phi) is 3.71. The standard InChI is InChI=1S/C10H6ClNS/c11-10-4-3-9(7-12)8(6-10)2-1-5-13/h3-4,6,13H,5H2. The lowest BCUT2D eigenvalue weighted by molar-refractivity contribution is 1.47. The van der Waals surface area contributed by atoms with Crippen molar-refractivity contribution in [1.82, 2.24) is 0 Å². The smallest absolute Gasteiger partial charge is 0.100 e. The summed E-state index contributed by atoms with van der Waals surface area (Å²) in [4.78, 5) is 0. The maximum absolute atomic E-state index is 8.73. The van der Waals surface area contributed by atoms with Crippen LogP contribution in [0.15, 0.2) is 18.2 Å². The minimum absolute atomic E-state index is 0.470. The Morgan fingerprint density at radius 2 is 2.15 bits per heavy atom. The molecule has 0 aliphatic rings. The maximum Gasteiger partial charge on any atom is 0.100 e. The van der Waals surface area contributed by atoms with E-state index in [1.165, 1.54) is 0 Å². The zero-order valence-corrected chi connectivity index (χ0v) is 8.36. The first-order valence-electron chi connectivity index (χ1n) is 3.57. The molecule has 3 heteroatoms. The number of benzene rings is 1. The summed E-state index contributed by atoms with van der Waals surface area (Å²) in [5.41, 5.74) is 1.20. The molecule has 64 valence electrons. The van der Waals surface area contributed by atoms with E-state index >= 15 is 0 Å². The van der Waals surface area contributed by atoms with E-state index in [4.69, 9.17) is 16.9 Å². The van der Waals surface area contributed by atoms with Gasteiger partial charge in [-0.15, -0.1) is 0 Å². The van der Waals surface area contributed by atoms with Gasteiger partial charge in [0.15, 0.2) is 0 Å². The van der Waals surface area contributed by atoms with Crippen LogP contribution in [-0.4, -0.2) is 5.75 Å². The summed E-state index contributed by atoms with van der Waals surface area (Å²) in [6, 6.07) is 7.05. The summed E-state index contributed by atoms with van der Waals surface area (Å²) in [7, 11) is 0. The normalized spacial score (nSPS) is 8.38. The number of nitrogens with zero attached hydrogens (tertiary/aromatic N) is 1. The van der Waals surface area contributed by atoms with Crippen LogP contribution in [-0.2, 0) is 0 Å². The molecule has 13 heavy (non-hydrogen) atoms. The zero-order valence-electron chi connectivity index (χ0n) is 6.71. The van der Waals surface area contributed by atoms with Gasteiger partial charge < -0.3 is 0 Å². The highest BCUT2D eigenvalue weighted by Gasteiger charge is 1.98. The molecule has 1 rings (SSSR count). The van der Waals surface area contributed by atoms with Crippen molar-refractivity contribution < 1.29 is 0 Å². The molecule has 1 aromatic carbocycles. The van der Waals surface area contributed by atoms with Gasteiger partial charge in [0.25, 0.3) is 0 Å². The number of hydrogen-bond acceptors (Lipinski definition) is 2. The van der Waals surface area contributed by atoms with Crippen LogP contribution >= 0.6 is 24.2 Å². The van der Waals surface area contributed by atoms with Crippen molar-refractivity contribution in [2.45, 2.75) is 0 Å². The molecule has 0 fully saturated rings. The van der Waals surface area contributed by atoms with Crippen LogP contribution in [0.25, 0.3) is 0 Å². The Balaban J connectivity index is 3.18. The van der Waals surface area contributed by atoms with Gasteiger partial charge in [-0.05, 0) is 18.2 Å². The lowest BCUT2D eigenvalue weighted by atomic mass is 10.1. The molecule has 0 spiro atoms. The predicted molar refractivity (Wildman–Crippen MR) is 56.9 cm³/mol. The molecule has 0 N–H and O–H groups in total. The van der Waals surface area contributed by atoms with E-state index < -0.39 is 0 Å². The second kappa shape index (κ2) is 4.82. The first kappa shape index (κ1) is 9.99. The Hall–Kier alpha value is -1.09. The van der Waals surface area contributed by atoms with Crippen molar-refractivity contribution in [3.8, 4) is 17.9 Å². The summed E-state index contributed by atoms with van der Waals surface area (Å²) in [5, 5.41) is 9.31. The van der Waals surface area contributed by atoms with Crippen LogP contribution in [0.4, 0.5) is 0 Å². The molecule has 0 heterocycles. The molecule has 0 bridgehead atoms. The fourth-order valence-electron chi connectivity index (χ4n) is 0.852. The van der Waals surface area contributed by atoms with Crippen LogP contribution in [0, 0.1) is 23.2 Å². The summed E-state index contributed by atoms with van der Waals surface area (Å²) in [6.45, 7) is 0. The fraction of sp³-hybridized carbons (Fsp3) is 0.100. The van der Waals surface area contributed by atoms with Crippen LogP contribution in [0.3, 0.4) is 0 Å². The number of halogens is 1. The van der Waals surface area contributed by atoms with Gasteiger partial charge in [0, 0.05) is 10.6 Å². The second-order valence-corrected chi connectivity index (χ2v) is 3.01. The summed E-state index contributed by atoms with van der Waals surface area (Å²) >= 11 is 9.71. The van der Waals surface area contributed by atoms with Gasteiger partial charge in [-0.25, -0.2) is 0 Å². The minimum atomic E-state index is 0.470. The predicted octanol–water partition coefficient (Wildman–Crippen LogP) is 2.49. The highest BCUT2D eigenvalue weighted by molar-refractivity contribution is 7.80. The SMILES string of the molecule is N#Cc1ccc(Cl)cc1C#CCS. The molecular weight excluding hydrogens is 202 g/mol. The quantitative estimate of drug-likeness (QED) is 0.513. The monoisotopic (exact) mass is 207 g/mol. The largest absolute Gasteiger partial charge is 0.192 e. The first-order valence-corrected chi connectivity index (χ1v) is 4.58. The molecule has 0 radical (unpaired) electrons. The third kappa shape index (κ3) is 2.70. The van der Waals surface area contributed by atoms with Crippen molar-refractivity contribution in [2.75, 3.05) is 5.75 Å². The van der Waals surface area contributed by atoms with E-state index in [0.29, 0.717) is 21.9 Å². The number of nitriles is 1. The molecule has 0 saturated heterocycles. The summed E-state index contributed by atoms with van der Waals surface area (Å²) < 4.78 is 0. The van der Waals surface area contributed by atoms with Gasteiger partial charge >= 0.3 is 0 Å². The first-order chi connectivity index (χ1) is 6.27. The van der Waals surface area contributed by atoms with E-state index in [0.717, 1.165) is 0 Å². The molecule has 1 nitrogen and oxygen atoms in total.